The van der Waals surface area contributed by atoms with Crippen LogP contribution in [0.3, 0.4) is 0 Å². The summed E-state index contributed by atoms with van der Waals surface area (Å²) in [5.41, 5.74) is 0.108. The highest BCUT2D eigenvalue weighted by atomic mass is 19.4. The molecule has 0 aliphatic rings. The number of carbonyl (C=O) groups is 2. The highest BCUT2D eigenvalue weighted by molar-refractivity contribution is 5.96. The average molecular weight is 489 g/mol. The smallest absolute Gasteiger partial charge is 0.416 e. The summed E-state index contributed by atoms with van der Waals surface area (Å²) in [7, 11) is 1.46. The molecule has 1 aromatic heterocycles. The van der Waals surface area contributed by atoms with Crippen molar-refractivity contribution < 1.29 is 31.9 Å². The largest absolute Gasteiger partial charge is 0.464 e. The van der Waals surface area contributed by atoms with Crippen LogP contribution in [0.15, 0.2) is 71.1 Å². The van der Waals surface area contributed by atoms with Crippen molar-refractivity contribution in [3.63, 3.8) is 0 Å². The van der Waals surface area contributed by atoms with Gasteiger partial charge in [-0.3, -0.25) is 9.59 Å². The number of aryl methyl sites for hydroxylation is 1. The first-order valence-corrected chi connectivity index (χ1v) is 11.0. The van der Waals surface area contributed by atoms with Crippen molar-refractivity contribution in [2.24, 2.45) is 0 Å². The number of alkyl halides is 3. The van der Waals surface area contributed by atoms with Gasteiger partial charge in [0.2, 0.25) is 5.91 Å². The molecule has 2 amide bonds. The van der Waals surface area contributed by atoms with Crippen molar-refractivity contribution in [3.8, 4) is 0 Å². The van der Waals surface area contributed by atoms with Gasteiger partial charge in [-0.2, -0.15) is 13.2 Å². The van der Waals surface area contributed by atoms with Crippen molar-refractivity contribution in [2.75, 3.05) is 26.8 Å². The number of halogens is 3. The molecule has 0 fully saturated rings. The second-order valence-corrected chi connectivity index (χ2v) is 8.04. The Hall–Kier alpha value is -3.59. The maximum atomic E-state index is 13.4. The summed E-state index contributed by atoms with van der Waals surface area (Å²) in [4.78, 5) is 29.3. The molecule has 0 atom stereocenters. The van der Waals surface area contributed by atoms with E-state index < -0.39 is 17.6 Å². The molecule has 0 saturated carbocycles. The fourth-order valence-corrected chi connectivity index (χ4v) is 3.50. The molecule has 9 heteroatoms. The standard InChI is InChI=1S/C26H27F3N2O4/c1-19-8-13-23(35-19)17-31(16-20-6-4-3-5-7-20)24(32)18-30(14-15-34-2)25(33)21-9-11-22(12-10-21)26(27,28)29/h3-13H,14-18H2,1-2H3. The predicted octanol–water partition coefficient (Wildman–Crippen LogP) is 4.92. The number of nitrogens with zero attached hydrogens (tertiary/aromatic N) is 2. The van der Waals surface area contributed by atoms with E-state index in [2.05, 4.69) is 0 Å². The second kappa shape index (κ2) is 11.7. The number of amides is 2. The summed E-state index contributed by atoms with van der Waals surface area (Å²) < 4.78 is 49.4. The first-order valence-electron chi connectivity index (χ1n) is 11.0. The average Bonchev–Trinajstić information content (AvgIpc) is 3.25. The molecule has 0 aliphatic heterocycles. The minimum Gasteiger partial charge on any atom is -0.464 e. The number of carbonyl (C=O) groups excluding carboxylic acids is 2. The zero-order chi connectivity index (χ0) is 25.4. The minimum atomic E-state index is -4.50. The van der Waals surface area contributed by atoms with Crippen LogP contribution in [0.25, 0.3) is 0 Å². The van der Waals surface area contributed by atoms with Gasteiger partial charge in [0.05, 0.1) is 18.7 Å². The molecule has 0 bridgehead atoms. The van der Waals surface area contributed by atoms with Crippen molar-refractivity contribution in [1.82, 2.24) is 9.80 Å². The summed E-state index contributed by atoms with van der Waals surface area (Å²) in [5, 5.41) is 0. The summed E-state index contributed by atoms with van der Waals surface area (Å²) in [6.07, 6.45) is -4.50. The number of rotatable bonds is 10. The number of hydrogen-bond donors (Lipinski definition) is 0. The highest BCUT2D eigenvalue weighted by Gasteiger charge is 2.31. The molecule has 0 N–H and O–H groups in total. The Labute approximate surface area is 201 Å². The highest BCUT2D eigenvalue weighted by Crippen LogP contribution is 2.29. The normalized spacial score (nSPS) is 11.3. The van der Waals surface area contributed by atoms with E-state index in [0.29, 0.717) is 18.1 Å². The first-order chi connectivity index (χ1) is 16.7. The number of ether oxygens (including phenoxy) is 1. The molecule has 2 aromatic carbocycles. The Morgan fingerprint density at radius 3 is 2.17 bits per heavy atom. The van der Waals surface area contributed by atoms with Crippen LogP contribution in [-0.4, -0.2) is 48.4 Å². The van der Waals surface area contributed by atoms with Crippen molar-refractivity contribution in [1.29, 1.82) is 0 Å². The van der Waals surface area contributed by atoms with Gasteiger partial charge in [-0.15, -0.1) is 0 Å². The van der Waals surface area contributed by atoms with Gasteiger partial charge in [0.25, 0.3) is 5.91 Å². The van der Waals surface area contributed by atoms with Crippen LogP contribution in [-0.2, 0) is 28.8 Å². The molecule has 1 heterocycles. The van der Waals surface area contributed by atoms with Crippen molar-refractivity contribution in [2.45, 2.75) is 26.2 Å². The zero-order valence-electron chi connectivity index (χ0n) is 19.5. The van der Waals surface area contributed by atoms with Gasteiger partial charge in [-0.05, 0) is 48.9 Å². The van der Waals surface area contributed by atoms with Gasteiger partial charge in [-0.25, -0.2) is 0 Å². The molecule has 0 unspecified atom stereocenters. The van der Waals surface area contributed by atoms with E-state index in [-0.39, 0.29) is 37.7 Å². The van der Waals surface area contributed by atoms with Crippen LogP contribution in [0.5, 0.6) is 0 Å². The first kappa shape index (κ1) is 26.0. The van der Waals surface area contributed by atoms with Crippen molar-refractivity contribution in [3.05, 3.63) is 94.9 Å². The second-order valence-electron chi connectivity index (χ2n) is 8.04. The Kier molecular flexibility index (Phi) is 8.70. The number of benzene rings is 2. The van der Waals surface area contributed by atoms with E-state index in [0.717, 1.165) is 29.8 Å². The number of hydrogen-bond acceptors (Lipinski definition) is 4. The third-order valence-corrected chi connectivity index (χ3v) is 5.35. The van der Waals surface area contributed by atoms with E-state index in [1.807, 2.05) is 37.3 Å². The lowest BCUT2D eigenvalue weighted by Crippen LogP contribution is -2.43. The van der Waals surface area contributed by atoms with E-state index in [9.17, 15) is 22.8 Å². The van der Waals surface area contributed by atoms with Crippen LogP contribution in [0.1, 0.15) is 33.0 Å². The topological polar surface area (TPSA) is 63.0 Å². The molecule has 0 aliphatic carbocycles. The fourth-order valence-electron chi connectivity index (χ4n) is 3.50. The summed E-state index contributed by atoms with van der Waals surface area (Å²) in [6.45, 7) is 2.30. The molecule has 186 valence electrons. The van der Waals surface area contributed by atoms with Crippen LogP contribution in [0.2, 0.25) is 0 Å². The van der Waals surface area contributed by atoms with Gasteiger partial charge in [0, 0.05) is 25.8 Å². The molecule has 6 nitrogen and oxygen atoms in total. The van der Waals surface area contributed by atoms with Gasteiger partial charge >= 0.3 is 6.18 Å². The van der Waals surface area contributed by atoms with Gasteiger partial charge in [0.15, 0.2) is 0 Å². The Morgan fingerprint density at radius 2 is 1.60 bits per heavy atom. The third kappa shape index (κ3) is 7.45. The fraction of sp³-hybridized carbons (Fsp3) is 0.308. The van der Waals surface area contributed by atoms with E-state index in [1.165, 1.54) is 12.0 Å². The van der Waals surface area contributed by atoms with Gasteiger partial charge < -0.3 is 19.0 Å². The molecule has 0 spiro atoms. The summed E-state index contributed by atoms with van der Waals surface area (Å²) in [6, 6.07) is 16.9. The Bertz CT molecular complexity index is 1110. The quantitative estimate of drug-likeness (QED) is 0.406. The molecule has 3 aromatic rings. The maximum absolute atomic E-state index is 13.4. The molecule has 0 saturated heterocycles. The van der Waals surface area contributed by atoms with Crippen molar-refractivity contribution >= 4 is 11.8 Å². The van der Waals surface area contributed by atoms with Crippen LogP contribution in [0.4, 0.5) is 13.2 Å². The monoisotopic (exact) mass is 488 g/mol. The van der Waals surface area contributed by atoms with E-state index in [4.69, 9.17) is 9.15 Å². The lowest BCUT2D eigenvalue weighted by molar-refractivity contribution is -0.137. The Balaban J connectivity index is 1.80. The predicted molar refractivity (Wildman–Crippen MR) is 123 cm³/mol. The molecule has 3 rings (SSSR count). The van der Waals surface area contributed by atoms with Crippen LogP contribution >= 0.6 is 0 Å². The van der Waals surface area contributed by atoms with Gasteiger partial charge in [-0.1, -0.05) is 30.3 Å². The third-order valence-electron chi connectivity index (χ3n) is 5.35. The molecular weight excluding hydrogens is 461 g/mol. The number of methoxy groups -OCH3 is 1. The SMILES string of the molecule is COCCN(CC(=O)N(Cc1ccccc1)Cc1ccc(C)o1)C(=O)c1ccc(C(F)(F)F)cc1. The Morgan fingerprint density at radius 1 is 0.914 bits per heavy atom. The lowest BCUT2D eigenvalue weighted by Gasteiger charge is -2.27. The molecule has 0 radical (unpaired) electrons. The summed E-state index contributed by atoms with van der Waals surface area (Å²) in [5.74, 6) is 0.424. The van der Waals surface area contributed by atoms with Crippen LogP contribution < -0.4 is 0 Å². The van der Waals surface area contributed by atoms with E-state index in [1.54, 1.807) is 17.0 Å². The zero-order valence-corrected chi connectivity index (χ0v) is 19.5. The molecular formula is C26H27F3N2O4. The molecule has 35 heavy (non-hydrogen) atoms. The lowest BCUT2D eigenvalue weighted by atomic mass is 10.1. The minimum absolute atomic E-state index is 0.0539. The van der Waals surface area contributed by atoms with E-state index >= 15 is 0 Å². The van der Waals surface area contributed by atoms with Gasteiger partial charge in [0.1, 0.15) is 18.1 Å². The van der Waals surface area contributed by atoms with Crippen LogP contribution in [0, 0.1) is 6.92 Å². The summed E-state index contributed by atoms with van der Waals surface area (Å²) >= 11 is 0. The maximum Gasteiger partial charge on any atom is 0.416 e. The number of furan rings is 1.